The number of piperidine rings is 1. The third kappa shape index (κ3) is 4.68. The predicted molar refractivity (Wildman–Crippen MR) is 125 cm³/mol. The van der Waals surface area contributed by atoms with Gasteiger partial charge in [0.25, 0.3) is 5.91 Å². The van der Waals surface area contributed by atoms with Gasteiger partial charge in [0.15, 0.2) is 10.8 Å². The topological polar surface area (TPSA) is 138 Å². The molecule has 0 unspecified atom stereocenters. The Morgan fingerprint density at radius 3 is 3.00 bits per heavy atom. The number of fused-ring (bicyclic) bond motifs is 1. The van der Waals surface area contributed by atoms with Gasteiger partial charge in [0.2, 0.25) is 11.8 Å². The molecule has 1 atom stereocenters. The summed E-state index contributed by atoms with van der Waals surface area (Å²) in [6, 6.07) is 2.06. The quantitative estimate of drug-likeness (QED) is 0.387. The van der Waals surface area contributed by atoms with Crippen LogP contribution in [0.5, 0.6) is 5.88 Å². The number of allylic oxidation sites excluding steroid dienone is 1. The summed E-state index contributed by atoms with van der Waals surface area (Å²) in [4.78, 5) is 23.6. The van der Waals surface area contributed by atoms with Crippen LogP contribution in [0.3, 0.4) is 0 Å². The highest BCUT2D eigenvalue weighted by Gasteiger charge is 2.30. The van der Waals surface area contributed by atoms with E-state index in [1.165, 1.54) is 0 Å². The number of carbonyl (C=O) groups excluding carboxylic acids is 1. The van der Waals surface area contributed by atoms with Crippen LogP contribution in [0.4, 0.5) is 11.6 Å². The number of aromatic nitrogens is 6. The number of anilines is 2. The number of halogens is 1. The summed E-state index contributed by atoms with van der Waals surface area (Å²) in [5, 5.41) is 24.3. The van der Waals surface area contributed by atoms with Crippen molar-refractivity contribution in [3.05, 3.63) is 29.2 Å². The van der Waals surface area contributed by atoms with Crippen molar-refractivity contribution >= 4 is 40.2 Å². The summed E-state index contributed by atoms with van der Waals surface area (Å²) in [6.07, 6.45) is 8.59. The number of hydrogen-bond donors (Lipinski definition) is 2. The van der Waals surface area contributed by atoms with E-state index in [4.69, 9.17) is 16.3 Å². The lowest BCUT2D eigenvalue weighted by atomic mass is 10.1. The molecule has 1 amide bonds. The Labute approximate surface area is 200 Å². The molecule has 1 aliphatic heterocycles. The molecule has 1 saturated carbocycles. The molecule has 2 fully saturated rings. The minimum atomic E-state index is -0.307. The SMILES string of the molecule is CCn1cc(Nc2nc(O[C@@H]3CCCN(C(=O)/C(C#N)=C/C4CC4)C3)c3c(Cl)n[nH]c3n2)cn1. The second-order valence-corrected chi connectivity index (χ2v) is 8.82. The number of nitrogens with zero attached hydrogens (tertiary/aromatic N) is 7. The summed E-state index contributed by atoms with van der Waals surface area (Å²) in [5.41, 5.74) is 1.38. The molecule has 3 aromatic rings. The predicted octanol–water partition coefficient (Wildman–Crippen LogP) is 3.20. The molecule has 1 aliphatic carbocycles. The summed E-state index contributed by atoms with van der Waals surface area (Å²) >= 11 is 6.28. The van der Waals surface area contributed by atoms with Crippen molar-refractivity contribution in [3.8, 4) is 11.9 Å². The first-order valence-electron chi connectivity index (χ1n) is 11.3. The van der Waals surface area contributed by atoms with Crippen molar-refractivity contribution in [2.45, 2.75) is 45.3 Å². The monoisotopic (exact) mass is 481 g/mol. The van der Waals surface area contributed by atoms with Gasteiger partial charge in [-0.25, -0.2) is 0 Å². The smallest absolute Gasteiger partial charge is 0.264 e. The van der Waals surface area contributed by atoms with E-state index in [0.717, 1.165) is 37.9 Å². The molecule has 2 N–H and O–H groups in total. The van der Waals surface area contributed by atoms with Gasteiger partial charge in [0, 0.05) is 19.3 Å². The molecule has 2 aliphatic rings. The average Bonchev–Trinajstić information content (AvgIpc) is 3.43. The molecular formula is C22H24ClN9O2. The third-order valence-corrected chi connectivity index (χ3v) is 6.15. The van der Waals surface area contributed by atoms with E-state index in [1.807, 2.05) is 13.1 Å². The number of aromatic amines is 1. The molecule has 0 radical (unpaired) electrons. The van der Waals surface area contributed by atoms with E-state index in [0.29, 0.717) is 36.0 Å². The average molecular weight is 482 g/mol. The van der Waals surface area contributed by atoms with Crippen molar-refractivity contribution in [1.29, 1.82) is 5.26 Å². The number of amides is 1. The molecule has 0 spiro atoms. The number of nitrogens with one attached hydrogen (secondary N) is 2. The minimum absolute atomic E-state index is 0.207. The first kappa shape index (κ1) is 22.2. The summed E-state index contributed by atoms with van der Waals surface area (Å²) in [5.74, 6) is 0.694. The third-order valence-electron chi connectivity index (χ3n) is 5.87. The molecule has 5 rings (SSSR count). The van der Waals surface area contributed by atoms with Crippen LogP contribution >= 0.6 is 11.6 Å². The molecule has 1 saturated heterocycles. The van der Waals surface area contributed by atoms with Crippen molar-refractivity contribution in [2.24, 2.45) is 5.92 Å². The van der Waals surface area contributed by atoms with Gasteiger partial charge in [-0.1, -0.05) is 17.7 Å². The number of carbonyl (C=O) groups is 1. The minimum Gasteiger partial charge on any atom is -0.472 e. The van der Waals surface area contributed by atoms with Crippen molar-refractivity contribution in [3.63, 3.8) is 0 Å². The number of H-pyrrole nitrogens is 1. The highest BCUT2D eigenvalue weighted by Crippen LogP contribution is 2.33. The lowest BCUT2D eigenvalue weighted by molar-refractivity contribution is -0.129. The maximum atomic E-state index is 12.9. The maximum absolute atomic E-state index is 12.9. The molecule has 0 bridgehead atoms. The molecule has 11 nitrogen and oxygen atoms in total. The number of hydrogen-bond acceptors (Lipinski definition) is 8. The van der Waals surface area contributed by atoms with Gasteiger partial charge in [-0.15, -0.1) is 0 Å². The lowest BCUT2D eigenvalue weighted by Crippen LogP contribution is -2.45. The van der Waals surface area contributed by atoms with Crippen LogP contribution in [0, 0.1) is 17.2 Å². The molecule has 176 valence electrons. The van der Waals surface area contributed by atoms with Gasteiger partial charge in [0.1, 0.15) is 23.1 Å². The van der Waals surface area contributed by atoms with Gasteiger partial charge in [-0.05, 0) is 38.5 Å². The Kier molecular flexibility index (Phi) is 6.06. The fraction of sp³-hybridized carbons (Fsp3) is 0.455. The zero-order valence-electron chi connectivity index (χ0n) is 18.7. The Morgan fingerprint density at radius 1 is 1.41 bits per heavy atom. The van der Waals surface area contributed by atoms with E-state index >= 15 is 0 Å². The molecule has 4 heterocycles. The van der Waals surface area contributed by atoms with Gasteiger partial charge in [-0.2, -0.15) is 25.4 Å². The van der Waals surface area contributed by atoms with Crippen LogP contribution in [0.25, 0.3) is 11.0 Å². The summed E-state index contributed by atoms with van der Waals surface area (Å²) in [7, 11) is 0. The number of ether oxygens (including phenoxy) is 1. The second-order valence-electron chi connectivity index (χ2n) is 8.46. The summed E-state index contributed by atoms with van der Waals surface area (Å²) < 4.78 is 8.03. The van der Waals surface area contributed by atoms with Crippen LogP contribution in [0.15, 0.2) is 24.0 Å². The number of likely N-dealkylation sites (tertiary alicyclic amines) is 1. The highest BCUT2D eigenvalue weighted by atomic mass is 35.5. The van der Waals surface area contributed by atoms with Crippen molar-refractivity contribution < 1.29 is 9.53 Å². The van der Waals surface area contributed by atoms with E-state index in [2.05, 4.69) is 36.7 Å². The highest BCUT2D eigenvalue weighted by molar-refractivity contribution is 6.34. The molecular weight excluding hydrogens is 458 g/mol. The number of rotatable bonds is 7. The van der Waals surface area contributed by atoms with Gasteiger partial charge in [-0.3, -0.25) is 14.6 Å². The number of aryl methyl sites for hydroxylation is 1. The first-order valence-corrected chi connectivity index (χ1v) is 11.7. The second kappa shape index (κ2) is 9.30. The van der Waals surface area contributed by atoms with Crippen molar-refractivity contribution in [1.82, 2.24) is 34.8 Å². The Hall–Kier alpha value is -3.65. The molecule has 34 heavy (non-hydrogen) atoms. The van der Waals surface area contributed by atoms with Crippen LogP contribution < -0.4 is 10.1 Å². The van der Waals surface area contributed by atoms with Gasteiger partial charge >= 0.3 is 0 Å². The Morgan fingerprint density at radius 2 is 2.26 bits per heavy atom. The fourth-order valence-corrected chi connectivity index (χ4v) is 4.15. The van der Waals surface area contributed by atoms with Gasteiger partial charge < -0.3 is 15.0 Å². The Bertz CT molecular complexity index is 1290. The van der Waals surface area contributed by atoms with Crippen LogP contribution in [-0.4, -0.2) is 59.9 Å². The van der Waals surface area contributed by atoms with Crippen LogP contribution in [0.1, 0.15) is 32.6 Å². The normalized spacial score (nSPS) is 18.7. The summed E-state index contributed by atoms with van der Waals surface area (Å²) in [6.45, 7) is 3.68. The lowest BCUT2D eigenvalue weighted by Gasteiger charge is -2.32. The largest absolute Gasteiger partial charge is 0.472 e. The molecule has 12 heteroatoms. The van der Waals surface area contributed by atoms with Crippen LogP contribution in [0.2, 0.25) is 5.15 Å². The zero-order chi connectivity index (χ0) is 23.7. The maximum Gasteiger partial charge on any atom is 0.264 e. The van der Waals surface area contributed by atoms with E-state index < -0.39 is 0 Å². The molecule has 3 aromatic heterocycles. The van der Waals surface area contributed by atoms with E-state index in [1.54, 1.807) is 21.9 Å². The standard InChI is InChI=1S/C22H24ClN9O2/c1-2-32-11-15(10-25-32)26-22-27-19-17(18(23)29-30-19)20(28-22)34-16-4-3-7-31(12-16)21(33)14(9-24)8-13-5-6-13/h8,10-11,13,16H,2-7,12H2,1H3,(H2,26,27,28,29,30)/b14-8+/t16-/m1/s1. The number of nitriles is 1. The first-order chi connectivity index (χ1) is 16.5. The van der Waals surface area contributed by atoms with Crippen molar-refractivity contribution in [2.75, 3.05) is 18.4 Å². The van der Waals surface area contributed by atoms with E-state index in [-0.39, 0.29) is 28.6 Å². The van der Waals surface area contributed by atoms with Crippen LogP contribution in [-0.2, 0) is 11.3 Å². The fourth-order valence-electron chi connectivity index (χ4n) is 3.94. The zero-order valence-corrected chi connectivity index (χ0v) is 19.4. The van der Waals surface area contributed by atoms with E-state index in [9.17, 15) is 10.1 Å². The van der Waals surface area contributed by atoms with Gasteiger partial charge in [0.05, 0.1) is 18.4 Å². The molecule has 0 aromatic carbocycles. The Balaban J connectivity index is 1.36.